The van der Waals surface area contributed by atoms with Gasteiger partial charge in [-0.25, -0.2) is 13.2 Å². The van der Waals surface area contributed by atoms with Crippen LogP contribution in [-0.2, 0) is 19.6 Å². The summed E-state index contributed by atoms with van der Waals surface area (Å²) < 4.78 is 43.4. The van der Waals surface area contributed by atoms with Crippen molar-refractivity contribution in [3.05, 3.63) is 48.0 Å². The maximum absolute atomic E-state index is 12.6. The van der Waals surface area contributed by atoms with Gasteiger partial charge in [-0.3, -0.25) is 9.52 Å². The van der Waals surface area contributed by atoms with E-state index in [-0.39, 0.29) is 28.7 Å². The predicted molar refractivity (Wildman–Crippen MR) is 108 cm³/mol. The Labute approximate surface area is 174 Å². The van der Waals surface area contributed by atoms with E-state index in [0.717, 1.165) is 6.42 Å². The molecule has 0 aromatic heterocycles. The number of benzene rings is 2. The van der Waals surface area contributed by atoms with Crippen molar-refractivity contribution in [2.45, 2.75) is 18.2 Å². The summed E-state index contributed by atoms with van der Waals surface area (Å²) in [5.74, 6) is -0.200. The average molecular weight is 434 g/mol. The normalized spacial score (nSPS) is 12.7. The summed E-state index contributed by atoms with van der Waals surface area (Å²) >= 11 is 0. The van der Waals surface area contributed by atoms with Crippen LogP contribution in [0.4, 0.5) is 5.69 Å². The van der Waals surface area contributed by atoms with Gasteiger partial charge in [0, 0.05) is 18.3 Å². The van der Waals surface area contributed by atoms with Gasteiger partial charge >= 0.3 is 5.97 Å². The summed E-state index contributed by atoms with van der Waals surface area (Å²) in [4.78, 5) is 23.5. The Balaban J connectivity index is 1.62. The Morgan fingerprint density at radius 2 is 1.73 bits per heavy atom. The van der Waals surface area contributed by atoms with E-state index in [0.29, 0.717) is 31.3 Å². The second kappa shape index (κ2) is 9.49. The molecule has 2 aromatic rings. The number of rotatable bonds is 8. The molecule has 2 N–H and O–H groups in total. The van der Waals surface area contributed by atoms with Crippen molar-refractivity contribution < 1.29 is 32.2 Å². The predicted octanol–water partition coefficient (Wildman–Crippen LogP) is 1.94. The Bertz CT molecular complexity index is 1020. The molecule has 0 radical (unpaired) electrons. The lowest BCUT2D eigenvalue weighted by molar-refractivity contribution is -0.124. The Morgan fingerprint density at radius 1 is 1.03 bits per heavy atom. The van der Waals surface area contributed by atoms with E-state index in [2.05, 4.69) is 10.0 Å². The molecule has 30 heavy (non-hydrogen) atoms. The molecule has 1 aliphatic rings. The number of carbonyl (C=O) groups excluding carboxylic acids is 2. The van der Waals surface area contributed by atoms with Crippen molar-refractivity contribution >= 4 is 27.6 Å². The van der Waals surface area contributed by atoms with Crippen LogP contribution in [0.15, 0.2) is 47.4 Å². The van der Waals surface area contributed by atoms with Gasteiger partial charge in [0.15, 0.2) is 18.1 Å². The van der Waals surface area contributed by atoms with Crippen LogP contribution in [0.2, 0.25) is 0 Å². The number of fused-ring (bicyclic) bond motifs is 1. The number of ether oxygens (including phenoxy) is 3. The SMILES string of the molecule is CCCNC(=O)COC(=O)c1ccc(NS(=O)(=O)c2ccc3c(c2)OCCO3)cc1. The van der Waals surface area contributed by atoms with Crippen LogP contribution in [0.1, 0.15) is 23.7 Å². The maximum atomic E-state index is 12.6. The molecule has 0 saturated carbocycles. The van der Waals surface area contributed by atoms with Gasteiger partial charge in [-0.05, 0) is 42.8 Å². The van der Waals surface area contributed by atoms with E-state index in [9.17, 15) is 18.0 Å². The topological polar surface area (TPSA) is 120 Å². The van der Waals surface area contributed by atoms with Crippen molar-refractivity contribution in [1.82, 2.24) is 5.32 Å². The zero-order valence-electron chi connectivity index (χ0n) is 16.3. The quantitative estimate of drug-likeness (QED) is 0.609. The average Bonchev–Trinajstić information content (AvgIpc) is 2.76. The fourth-order valence-corrected chi connectivity index (χ4v) is 3.68. The van der Waals surface area contributed by atoms with Crippen LogP contribution in [-0.4, -0.2) is 46.7 Å². The highest BCUT2D eigenvalue weighted by atomic mass is 32.2. The number of hydrogen-bond acceptors (Lipinski definition) is 7. The molecule has 2 aromatic carbocycles. The first kappa shape index (κ1) is 21.4. The van der Waals surface area contributed by atoms with Crippen molar-refractivity contribution in [2.24, 2.45) is 0 Å². The smallest absolute Gasteiger partial charge is 0.338 e. The minimum absolute atomic E-state index is 0.0216. The number of esters is 1. The maximum Gasteiger partial charge on any atom is 0.338 e. The standard InChI is InChI=1S/C20H22N2O7S/c1-2-9-21-19(23)13-29-20(24)14-3-5-15(6-4-14)22-30(25,26)16-7-8-17-18(12-16)28-11-10-27-17/h3-8,12,22H,2,9-11,13H2,1H3,(H,21,23). The van der Waals surface area contributed by atoms with E-state index in [1.54, 1.807) is 6.07 Å². The summed E-state index contributed by atoms with van der Waals surface area (Å²) in [6.45, 7) is 2.80. The highest BCUT2D eigenvalue weighted by Crippen LogP contribution is 2.32. The van der Waals surface area contributed by atoms with Gasteiger partial charge < -0.3 is 19.5 Å². The zero-order valence-corrected chi connectivity index (χ0v) is 17.2. The third kappa shape index (κ3) is 5.41. The van der Waals surface area contributed by atoms with Gasteiger partial charge in [-0.15, -0.1) is 0 Å². The van der Waals surface area contributed by atoms with Crippen molar-refractivity contribution in [1.29, 1.82) is 0 Å². The number of amides is 1. The lowest BCUT2D eigenvalue weighted by Crippen LogP contribution is -2.29. The monoisotopic (exact) mass is 434 g/mol. The molecule has 3 rings (SSSR count). The van der Waals surface area contributed by atoms with Crippen LogP contribution in [0.5, 0.6) is 11.5 Å². The second-order valence-corrected chi connectivity index (χ2v) is 8.10. The summed E-state index contributed by atoms with van der Waals surface area (Å²) in [5, 5.41) is 2.60. The molecule has 1 heterocycles. The minimum Gasteiger partial charge on any atom is -0.486 e. The summed E-state index contributed by atoms with van der Waals surface area (Å²) in [5.41, 5.74) is 0.461. The molecule has 0 unspecified atom stereocenters. The van der Waals surface area contributed by atoms with E-state index in [1.807, 2.05) is 6.92 Å². The van der Waals surface area contributed by atoms with Gasteiger partial charge in [-0.2, -0.15) is 0 Å². The lowest BCUT2D eigenvalue weighted by Gasteiger charge is -2.19. The molecule has 0 atom stereocenters. The van der Waals surface area contributed by atoms with Crippen LogP contribution in [0.25, 0.3) is 0 Å². The fraction of sp³-hybridized carbons (Fsp3) is 0.300. The van der Waals surface area contributed by atoms with Crippen LogP contribution in [0.3, 0.4) is 0 Å². The first-order valence-electron chi connectivity index (χ1n) is 9.35. The van der Waals surface area contributed by atoms with Gasteiger partial charge in [0.05, 0.1) is 10.5 Å². The van der Waals surface area contributed by atoms with Crippen molar-refractivity contribution in [3.63, 3.8) is 0 Å². The molecule has 0 aliphatic carbocycles. The first-order valence-corrected chi connectivity index (χ1v) is 10.8. The van der Waals surface area contributed by atoms with E-state index in [4.69, 9.17) is 14.2 Å². The lowest BCUT2D eigenvalue weighted by atomic mass is 10.2. The largest absolute Gasteiger partial charge is 0.486 e. The Morgan fingerprint density at radius 3 is 2.43 bits per heavy atom. The third-order valence-corrected chi connectivity index (χ3v) is 5.48. The molecule has 9 nitrogen and oxygen atoms in total. The second-order valence-electron chi connectivity index (χ2n) is 6.41. The van der Waals surface area contributed by atoms with E-state index < -0.39 is 16.0 Å². The number of sulfonamides is 1. The van der Waals surface area contributed by atoms with Crippen LogP contribution >= 0.6 is 0 Å². The summed E-state index contributed by atoms with van der Waals surface area (Å²) in [6.07, 6.45) is 0.781. The van der Waals surface area contributed by atoms with Crippen LogP contribution < -0.4 is 19.5 Å². The third-order valence-electron chi connectivity index (χ3n) is 4.10. The summed E-state index contributed by atoms with van der Waals surface area (Å²) in [6, 6.07) is 10.0. The first-order chi connectivity index (χ1) is 14.4. The highest BCUT2D eigenvalue weighted by molar-refractivity contribution is 7.92. The molecule has 1 aliphatic heterocycles. The molecule has 160 valence electrons. The molecule has 10 heteroatoms. The number of anilines is 1. The Kier molecular flexibility index (Phi) is 6.78. The molecule has 0 spiro atoms. The fourth-order valence-electron chi connectivity index (χ4n) is 2.61. The highest BCUT2D eigenvalue weighted by Gasteiger charge is 2.20. The molecule has 0 fully saturated rings. The van der Waals surface area contributed by atoms with E-state index in [1.165, 1.54) is 36.4 Å². The van der Waals surface area contributed by atoms with Gasteiger partial charge in [-0.1, -0.05) is 6.92 Å². The number of hydrogen-bond donors (Lipinski definition) is 2. The number of nitrogens with one attached hydrogen (secondary N) is 2. The molecular formula is C20H22N2O7S. The van der Waals surface area contributed by atoms with Gasteiger partial charge in [0.2, 0.25) is 0 Å². The van der Waals surface area contributed by atoms with E-state index >= 15 is 0 Å². The Hall–Kier alpha value is -3.27. The minimum atomic E-state index is -3.86. The van der Waals surface area contributed by atoms with Crippen LogP contribution in [0, 0.1) is 0 Å². The van der Waals surface area contributed by atoms with Gasteiger partial charge in [0.1, 0.15) is 13.2 Å². The summed E-state index contributed by atoms with van der Waals surface area (Å²) in [7, 11) is -3.86. The number of carbonyl (C=O) groups is 2. The van der Waals surface area contributed by atoms with Crippen molar-refractivity contribution in [2.75, 3.05) is 31.1 Å². The van der Waals surface area contributed by atoms with Crippen molar-refractivity contribution in [3.8, 4) is 11.5 Å². The molecule has 0 saturated heterocycles. The molecule has 1 amide bonds. The van der Waals surface area contributed by atoms with Gasteiger partial charge in [0.25, 0.3) is 15.9 Å². The molecular weight excluding hydrogens is 412 g/mol. The molecule has 0 bridgehead atoms. The zero-order chi connectivity index (χ0) is 21.6.